The van der Waals surface area contributed by atoms with Crippen LogP contribution in [-0.2, 0) is 6.54 Å². The van der Waals surface area contributed by atoms with Crippen molar-refractivity contribution in [3.05, 3.63) is 97.8 Å². The Hall–Kier alpha value is -3.77. The molecule has 4 aromatic rings. The van der Waals surface area contributed by atoms with Gasteiger partial charge in [0.2, 0.25) is 17.7 Å². The number of fused-ring (bicyclic) bond motifs is 1. The lowest BCUT2D eigenvalue weighted by Gasteiger charge is -2.17. The Morgan fingerprint density at radius 1 is 0.903 bits per heavy atom. The number of nitrogens with one attached hydrogen (secondary N) is 1. The summed E-state index contributed by atoms with van der Waals surface area (Å²) in [5.41, 5.74) is 0.812. The number of anilines is 1. The van der Waals surface area contributed by atoms with Crippen LogP contribution < -0.4 is 30.4 Å². The topological polar surface area (TPSA) is 73.9 Å². The van der Waals surface area contributed by atoms with E-state index in [9.17, 15) is 9.59 Å². The molecule has 0 saturated carbocycles. The monoisotopic (exact) mass is 433 g/mol. The molecule has 0 aliphatic carbocycles. The number of para-hydroxylation sites is 1. The summed E-state index contributed by atoms with van der Waals surface area (Å²) in [4.78, 5) is 24.8. The highest BCUT2D eigenvalue weighted by atomic mass is 35.5. The highest BCUT2D eigenvalue weighted by Crippen LogP contribution is 2.37. The minimum Gasteiger partial charge on any atom is -0.457 e. The standard InChI is InChI=1S/C24H16ClNO5/c25-15-7-8-17(19(11-15)31-16-4-2-1-3-5-16)21-22(24(28)23(21)27)26-12-14-6-9-18-20(10-14)30-13-29-18/h1-11,26H,12-13H2. The molecule has 0 aromatic heterocycles. The second-order valence-electron chi connectivity index (χ2n) is 7.01. The van der Waals surface area contributed by atoms with Crippen LogP contribution in [0.15, 0.2) is 76.3 Å². The second kappa shape index (κ2) is 7.81. The predicted molar refractivity (Wildman–Crippen MR) is 118 cm³/mol. The fraction of sp³-hybridized carbons (Fsp3) is 0.0833. The lowest BCUT2D eigenvalue weighted by Crippen LogP contribution is -2.36. The fourth-order valence-corrected chi connectivity index (χ4v) is 3.62. The predicted octanol–water partition coefficient (Wildman–Crippen LogP) is 4.74. The van der Waals surface area contributed by atoms with E-state index in [1.807, 2.05) is 36.4 Å². The lowest BCUT2D eigenvalue weighted by molar-refractivity contribution is 0.174. The SMILES string of the molecule is O=c1c(NCc2ccc3c(c2)OCO3)c(-c2ccc(Cl)cc2Oc2ccccc2)c1=O. The second-order valence-corrected chi connectivity index (χ2v) is 7.44. The molecule has 4 aromatic carbocycles. The molecule has 0 saturated heterocycles. The highest BCUT2D eigenvalue weighted by molar-refractivity contribution is 6.30. The maximum absolute atomic E-state index is 12.5. The maximum atomic E-state index is 12.5. The van der Waals surface area contributed by atoms with Gasteiger partial charge in [0, 0.05) is 23.2 Å². The summed E-state index contributed by atoms with van der Waals surface area (Å²) in [6, 6.07) is 19.7. The smallest absolute Gasteiger partial charge is 0.250 e. The first-order chi connectivity index (χ1) is 15.1. The number of ether oxygens (including phenoxy) is 3. The lowest BCUT2D eigenvalue weighted by atomic mass is 9.97. The normalized spacial score (nSPS) is 12.2. The van der Waals surface area contributed by atoms with Gasteiger partial charge >= 0.3 is 0 Å². The van der Waals surface area contributed by atoms with Crippen molar-refractivity contribution in [3.63, 3.8) is 0 Å². The molecule has 1 aliphatic heterocycles. The average Bonchev–Trinajstić information content (AvgIpc) is 3.25. The van der Waals surface area contributed by atoms with Crippen molar-refractivity contribution in [3.8, 4) is 34.1 Å². The summed E-state index contributed by atoms with van der Waals surface area (Å²) in [6.07, 6.45) is 0. The van der Waals surface area contributed by atoms with Crippen molar-refractivity contribution in [2.24, 2.45) is 0 Å². The number of hydrogen-bond donors (Lipinski definition) is 1. The van der Waals surface area contributed by atoms with E-state index in [0.29, 0.717) is 40.1 Å². The first-order valence-corrected chi connectivity index (χ1v) is 9.96. The zero-order valence-electron chi connectivity index (χ0n) is 16.2. The third-order valence-electron chi connectivity index (χ3n) is 5.00. The van der Waals surface area contributed by atoms with Crippen molar-refractivity contribution in [1.82, 2.24) is 0 Å². The average molecular weight is 434 g/mol. The quantitative estimate of drug-likeness (QED) is 0.443. The molecule has 7 heteroatoms. The number of benzene rings is 3. The Morgan fingerprint density at radius 3 is 2.55 bits per heavy atom. The van der Waals surface area contributed by atoms with Crippen LogP contribution in [0.3, 0.4) is 0 Å². The highest BCUT2D eigenvalue weighted by Gasteiger charge is 2.25. The van der Waals surface area contributed by atoms with Crippen molar-refractivity contribution in [2.75, 3.05) is 12.1 Å². The zero-order valence-corrected chi connectivity index (χ0v) is 16.9. The van der Waals surface area contributed by atoms with Crippen LogP contribution >= 0.6 is 11.6 Å². The molecule has 0 bridgehead atoms. The van der Waals surface area contributed by atoms with E-state index in [4.69, 9.17) is 25.8 Å². The fourth-order valence-electron chi connectivity index (χ4n) is 3.46. The molecule has 31 heavy (non-hydrogen) atoms. The van der Waals surface area contributed by atoms with Gasteiger partial charge in [-0.1, -0.05) is 35.9 Å². The van der Waals surface area contributed by atoms with E-state index < -0.39 is 10.9 Å². The van der Waals surface area contributed by atoms with Gasteiger partial charge in [0.25, 0.3) is 0 Å². The van der Waals surface area contributed by atoms with Gasteiger partial charge in [0.05, 0.1) is 11.3 Å². The van der Waals surface area contributed by atoms with Crippen molar-refractivity contribution in [2.45, 2.75) is 6.54 Å². The van der Waals surface area contributed by atoms with E-state index in [0.717, 1.165) is 5.56 Å². The molecule has 0 fully saturated rings. The van der Waals surface area contributed by atoms with Crippen LogP contribution in [0.4, 0.5) is 5.69 Å². The van der Waals surface area contributed by atoms with Crippen molar-refractivity contribution in [1.29, 1.82) is 0 Å². The van der Waals surface area contributed by atoms with Gasteiger partial charge in [-0.2, -0.15) is 0 Å². The molecule has 0 unspecified atom stereocenters. The first kappa shape index (κ1) is 19.2. The first-order valence-electron chi connectivity index (χ1n) is 9.58. The summed E-state index contributed by atoms with van der Waals surface area (Å²) >= 11 is 6.15. The minimum absolute atomic E-state index is 0.190. The molecule has 0 spiro atoms. The molecule has 0 atom stereocenters. The molecule has 5 rings (SSSR count). The van der Waals surface area contributed by atoms with Crippen LogP contribution in [0.2, 0.25) is 5.02 Å². The van der Waals surface area contributed by atoms with Gasteiger partial charge in [-0.25, -0.2) is 0 Å². The summed E-state index contributed by atoms with van der Waals surface area (Å²) in [5.74, 6) is 2.33. The van der Waals surface area contributed by atoms with E-state index in [-0.39, 0.29) is 18.0 Å². The molecular weight excluding hydrogens is 418 g/mol. The van der Waals surface area contributed by atoms with E-state index >= 15 is 0 Å². The summed E-state index contributed by atoms with van der Waals surface area (Å²) in [6.45, 7) is 0.534. The van der Waals surface area contributed by atoms with Crippen LogP contribution in [0.5, 0.6) is 23.0 Å². The van der Waals surface area contributed by atoms with Crippen LogP contribution in [0.25, 0.3) is 11.1 Å². The Morgan fingerprint density at radius 2 is 1.71 bits per heavy atom. The van der Waals surface area contributed by atoms with Gasteiger partial charge < -0.3 is 19.5 Å². The largest absolute Gasteiger partial charge is 0.457 e. The Labute approximate surface area is 182 Å². The summed E-state index contributed by atoms with van der Waals surface area (Å²) in [7, 11) is 0. The zero-order chi connectivity index (χ0) is 21.4. The summed E-state index contributed by atoms with van der Waals surface area (Å²) in [5, 5.41) is 3.55. The maximum Gasteiger partial charge on any atom is 0.250 e. The van der Waals surface area contributed by atoms with E-state index in [1.165, 1.54) is 0 Å². The number of halogens is 1. The van der Waals surface area contributed by atoms with Crippen LogP contribution in [-0.4, -0.2) is 6.79 Å². The van der Waals surface area contributed by atoms with Crippen molar-refractivity contribution >= 4 is 17.3 Å². The van der Waals surface area contributed by atoms with Crippen LogP contribution in [0, 0.1) is 0 Å². The van der Waals surface area contributed by atoms with Gasteiger partial charge in [-0.15, -0.1) is 0 Å². The third kappa shape index (κ3) is 3.62. The molecule has 1 heterocycles. The Balaban J connectivity index is 1.45. The molecule has 0 radical (unpaired) electrons. The van der Waals surface area contributed by atoms with Crippen LogP contribution in [0.1, 0.15) is 5.56 Å². The molecule has 0 amide bonds. The molecule has 6 nitrogen and oxygen atoms in total. The molecule has 1 N–H and O–H groups in total. The van der Waals surface area contributed by atoms with Gasteiger partial charge in [-0.3, -0.25) is 9.59 Å². The molecule has 1 aliphatic rings. The molecular formula is C24H16ClNO5. The molecule has 154 valence electrons. The third-order valence-corrected chi connectivity index (χ3v) is 5.24. The van der Waals surface area contributed by atoms with E-state index in [2.05, 4.69) is 5.32 Å². The number of rotatable bonds is 6. The van der Waals surface area contributed by atoms with E-state index in [1.54, 1.807) is 30.3 Å². The van der Waals surface area contributed by atoms with Crippen molar-refractivity contribution < 1.29 is 14.2 Å². The summed E-state index contributed by atoms with van der Waals surface area (Å²) < 4.78 is 16.7. The minimum atomic E-state index is -0.562. The van der Waals surface area contributed by atoms with Gasteiger partial charge in [-0.05, 0) is 42.0 Å². The van der Waals surface area contributed by atoms with Gasteiger partial charge in [0.1, 0.15) is 11.5 Å². The Bertz CT molecular complexity index is 1340. The Kier molecular flexibility index (Phi) is 4.84. The number of hydrogen-bond acceptors (Lipinski definition) is 6. The van der Waals surface area contributed by atoms with Gasteiger partial charge in [0.15, 0.2) is 11.5 Å².